The third-order valence-electron chi connectivity index (χ3n) is 5.12. The van der Waals surface area contributed by atoms with Crippen LogP contribution in [0.2, 0.25) is 0 Å². The Morgan fingerprint density at radius 1 is 1.32 bits per heavy atom. The number of carbonyl (C=O) groups excluding carboxylic acids is 1. The van der Waals surface area contributed by atoms with Gasteiger partial charge in [-0.25, -0.2) is 9.18 Å². The van der Waals surface area contributed by atoms with Gasteiger partial charge in [-0.15, -0.1) is 11.6 Å². The summed E-state index contributed by atoms with van der Waals surface area (Å²) in [5.41, 5.74) is -2.01. The van der Waals surface area contributed by atoms with Gasteiger partial charge < -0.3 is 15.8 Å². The van der Waals surface area contributed by atoms with Crippen molar-refractivity contribution in [3.8, 4) is 0 Å². The van der Waals surface area contributed by atoms with Crippen LogP contribution in [0.5, 0.6) is 0 Å². The van der Waals surface area contributed by atoms with Crippen LogP contribution in [0.1, 0.15) is 41.7 Å². The highest BCUT2D eigenvalue weighted by Gasteiger charge is 2.45. The van der Waals surface area contributed by atoms with Crippen LogP contribution in [0.15, 0.2) is 45.9 Å². The molecule has 12 heteroatoms. The molecule has 1 aromatic carbocycles. The molecule has 3 unspecified atom stereocenters. The molecule has 1 amide bonds. The quantitative estimate of drug-likeness (QED) is 0.241. The predicted octanol–water partition coefficient (Wildman–Crippen LogP) is 5.42. The van der Waals surface area contributed by atoms with Crippen molar-refractivity contribution in [3.05, 3.63) is 57.9 Å². The normalized spacial score (nSPS) is 18.5. The average molecular weight is 522 g/mol. The molecule has 1 aliphatic carbocycles. The van der Waals surface area contributed by atoms with E-state index in [4.69, 9.17) is 33.7 Å². The molecule has 34 heavy (non-hydrogen) atoms. The van der Waals surface area contributed by atoms with E-state index in [1.807, 2.05) is 0 Å². The van der Waals surface area contributed by atoms with Gasteiger partial charge in [0.1, 0.15) is 17.4 Å². The lowest BCUT2D eigenvalue weighted by atomic mass is 9.88. The van der Waals surface area contributed by atoms with Crippen molar-refractivity contribution in [2.24, 2.45) is 10.9 Å². The summed E-state index contributed by atoms with van der Waals surface area (Å²) >= 11 is 12.0. The van der Waals surface area contributed by atoms with E-state index in [9.17, 15) is 27.2 Å². The predicted molar refractivity (Wildman–Crippen MR) is 121 cm³/mol. The molecule has 3 N–H and O–H groups in total. The number of alkyl halides is 4. The maximum absolute atomic E-state index is 14.4. The third kappa shape index (κ3) is 6.66. The van der Waals surface area contributed by atoms with Crippen LogP contribution in [-0.4, -0.2) is 47.0 Å². The number of amides is 1. The Hall–Kier alpha value is -2.72. The van der Waals surface area contributed by atoms with E-state index in [-0.39, 0.29) is 24.0 Å². The van der Waals surface area contributed by atoms with Crippen molar-refractivity contribution in [1.29, 1.82) is 5.41 Å². The molecule has 0 fully saturated rings. The zero-order chi connectivity index (χ0) is 25.8. The number of carboxylic acids is 1. The number of hydrogen-bond donors (Lipinski definition) is 3. The summed E-state index contributed by atoms with van der Waals surface area (Å²) in [6.07, 6.45) is -2.09. The zero-order valence-corrected chi connectivity index (χ0v) is 19.5. The SMILES string of the molecule is CN=C(C(C(=N)CC1=CC=C(Cl)C(Cl)C1)C(=O)NC(C)c1ccc(C(=O)O)cc1F)C(F)(F)F. The van der Waals surface area contributed by atoms with Crippen molar-refractivity contribution >= 4 is 46.5 Å². The number of nitrogens with zero attached hydrogens (tertiary/aromatic N) is 1. The number of carbonyl (C=O) groups is 2. The molecule has 1 aromatic rings. The van der Waals surface area contributed by atoms with Crippen LogP contribution in [0, 0.1) is 17.1 Å². The highest BCUT2D eigenvalue weighted by atomic mass is 35.5. The number of aromatic carboxylic acids is 1. The van der Waals surface area contributed by atoms with E-state index in [1.165, 1.54) is 19.1 Å². The van der Waals surface area contributed by atoms with E-state index in [0.717, 1.165) is 25.2 Å². The van der Waals surface area contributed by atoms with Gasteiger partial charge in [-0.1, -0.05) is 29.3 Å². The van der Waals surface area contributed by atoms with Crippen LogP contribution >= 0.6 is 23.2 Å². The van der Waals surface area contributed by atoms with E-state index in [1.54, 1.807) is 0 Å². The molecule has 2 rings (SSSR count). The van der Waals surface area contributed by atoms with Gasteiger partial charge in [0.25, 0.3) is 0 Å². The van der Waals surface area contributed by atoms with Crippen LogP contribution in [0.25, 0.3) is 0 Å². The molecular formula is C22H21Cl2F4N3O3. The summed E-state index contributed by atoms with van der Waals surface area (Å²) in [5, 5.41) is 19.3. The standard InChI is InChI=1S/C22H21Cl2F4N3O3/c1-10(13-5-4-12(21(33)34)9-16(13)25)31-20(32)18(19(30-2)22(26,27)28)17(29)8-11-3-6-14(23)15(24)7-11/h3-6,9-10,15,18,29H,7-8H2,1-2H3,(H,31,32)(H,33,34). The number of halogens is 6. The summed E-state index contributed by atoms with van der Waals surface area (Å²) in [4.78, 5) is 27.1. The van der Waals surface area contributed by atoms with Crippen molar-refractivity contribution < 1.29 is 32.3 Å². The first-order chi connectivity index (χ1) is 15.8. The first-order valence-corrected chi connectivity index (χ1v) is 10.7. The molecule has 0 saturated heterocycles. The van der Waals surface area contributed by atoms with Crippen LogP contribution < -0.4 is 5.32 Å². The Morgan fingerprint density at radius 3 is 2.47 bits per heavy atom. The number of hydrogen-bond acceptors (Lipinski definition) is 4. The number of nitrogens with one attached hydrogen (secondary N) is 2. The average Bonchev–Trinajstić information content (AvgIpc) is 2.72. The fourth-order valence-corrected chi connectivity index (χ4v) is 3.84. The van der Waals surface area contributed by atoms with E-state index < -0.39 is 52.6 Å². The van der Waals surface area contributed by atoms with Gasteiger partial charge in [-0.05, 0) is 31.6 Å². The van der Waals surface area contributed by atoms with E-state index in [0.29, 0.717) is 10.6 Å². The molecule has 0 heterocycles. The molecule has 6 nitrogen and oxygen atoms in total. The second kappa shape index (κ2) is 11.1. The Morgan fingerprint density at radius 2 is 1.97 bits per heavy atom. The largest absolute Gasteiger partial charge is 0.478 e. The van der Waals surface area contributed by atoms with Gasteiger partial charge in [-0.3, -0.25) is 9.79 Å². The van der Waals surface area contributed by atoms with Crippen molar-refractivity contribution in [3.63, 3.8) is 0 Å². The minimum Gasteiger partial charge on any atom is -0.478 e. The monoisotopic (exact) mass is 521 g/mol. The Bertz CT molecular complexity index is 1080. The zero-order valence-electron chi connectivity index (χ0n) is 18.0. The van der Waals surface area contributed by atoms with Crippen LogP contribution in [0.3, 0.4) is 0 Å². The molecule has 3 atom stereocenters. The number of aliphatic imine (C=N–C) groups is 1. The van der Waals surface area contributed by atoms with Gasteiger partial charge in [0, 0.05) is 29.8 Å². The Kier molecular flexibility index (Phi) is 9.02. The van der Waals surface area contributed by atoms with Crippen molar-refractivity contribution in [1.82, 2.24) is 5.32 Å². The lowest BCUT2D eigenvalue weighted by molar-refractivity contribution is -0.123. The lowest BCUT2D eigenvalue weighted by Crippen LogP contribution is -2.46. The van der Waals surface area contributed by atoms with Gasteiger partial charge >= 0.3 is 12.1 Å². The minimum atomic E-state index is -5.00. The van der Waals surface area contributed by atoms with Gasteiger partial charge in [0.15, 0.2) is 0 Å². The first kappa shape index (κ1) is 27.5. The molecule has 0 aromatic heterocycles. The lowest BCUT2D eigenvalue weighted by Gasteiger charge is -2.25. The number of allylic oxidation sites excluding steroid dienone is 4. The van der Waals surface area contributed by atoms with Gasteiger partial charge in [0.2, 0.25) is 5.91 Å². The van der Waals surface area contributed by atoms with Crippen LogP contribution in [-0.2, 0) is 4.79 Å². The molecule has 0 aliphatic heterocycles. The second-order valence-corrected chi connectivity index (χ2v) is 8.52. The molecule has 0 spiro atoms. The molecule has 1 aliphatic rings. The molecule has 0 radical (unpaired) electrons. The molecule has 184 valence electrons. The maximum atomic E-state index is 14.4. The Labute approximate surface area is 202 Å². The number of benzene rings is 1. The smallest absolute Gasteiger partial charge is 0.430 e. The number of rotatable bonds is 8. The van der Waals surface area contributed by atoms with Gasteiger partial charge in [0.05, 0.1) is 17.0 Å². The summed E-state index contributed by atoms with van der Waals surface area (Å²) in [5.74, 6) is -5.62. The highest BCUT2D eigenvalue weighted by molar-refractivity contribution is 6.37. The molecule has 0 saturated carbocycles. The fourth-order valence-electron chi connectivity index (χ4n) is 3.43. The minimum absolute atomic E-state index is 0.134. The summed E-state index contributed by atoms with van der Waals surface area (Å²) in [6, 6.07) is 1.84. The summed E-state index contributed by atoms with van der Waals surface area (Å²) in [7, 11) is 0.862. The van der Waals surface area contributed by atoms with Crippen molar-refractivity contribution in [2.45, 2.75) is 37.4 Å². The van der Waals surface area contributed by atoms with E-state index >= 15 is 0 Å². The first-order valence-electron chi connectivity index (χ1n) is 9.89. The van der Waals surface area contributed by atoms with Gasteiger partial charge in [-0.2, -0.15) is 13.2 Å². The summed E-state index contributed by atoms with van der Waals surface area (Å²) < 4.78 is 55.3. The topological polar surface area (TPSA) is 103 Å². The highest BCUT2D eigenvalue weighted by Crippen LogP contribution is 2.31. The fraction of sp³-hybridized carbons (Fsp3) is 0.364. The third-order valence-corrected chi connectivity index (χ3v) is 6.02. The second-order valence-electron chi connectivity index (χ2n) is 7.56. The summed E-state index contributed by atoms with van der Waals surface area (Å²) in [6.45, 7) is 1.32. The molecular weight excluding hydrogens is 501 g/mol. The van der Waals surface area contributed by atoms with Crippen molar-refractivity contribution in [2.75, 3.05) is 7.05 Å². The Balaban J connectivity index is 2.33. The maximum Gasteiger partial charge on any atom is 0.430 e. The molecule has 0 bridgehead atoms. The van der Waals surface area contributed by atoms with Crippen LogP contribution in [0.4, 0.5) is 17.6 Å². The number of carboxylic acid groups (broad SMARTS) is 1. The van der Waals surface area contributed by atoms with E-state index in [2.05, 4.69) is 10.3 Å².